The summed E-state index contributed by atoms with van der Waals surface area (Å²) >= 11 is 0. The third-order valence-corrected chi connectivity index (χ3v) is 2.98. The third-order valence-electron chi connectivity index (χ3n) is 2.98. The maximum atomic E-state index is 12.8. The molecule has 2 rings (SSSR count). The molecule has 2 aromatic carbocycles. The van der Waals surface area contributed by atoms with Crippen LogP contribution in [0.1, 0.15) is 5.56 Å². The first-order valence-electron chi connectivity index (χ1n) is 6.42. The molecule has 4 heteroatoms. The highest BCUT2D eigenvalue weighted by Gasteiger charge is 2.08. The second kappa shape index (κ2) is 6.70. The topological polar surface area (TPSA) is 32.3 Å². The van der Waals surface area contributed by atoms with Crippen LogP contribution in [0, 0.1) is 5.82 Å². The molecule has 0 spiro atoms. The van der Waals surface area contributed by atoms with Gasteiger partial charge in [0.05, 0.1) is 6.54 Å². The maximum Gasteiger partial charge on any atom is 0.241 e. The number of carbonyl (C=O) groups is 1. The van der Waals surface area contributed by atoms with Gasteiger partial charge in [0.25, 0.3) is 0 Å². The summed E-state index contributed by atoms with van der Waals surface area (Å²) in [6.45, 7) is 0.706. The molecule has 0 aliphatic heterocycles. The van der Waals surface area contributed by atoms with Crippen LogP contribution in [-0.2, 0) is 11.3 Å². The van der Waals surface area contributed by atoms with Crippen molar-refractivity contribution in [3.63, 3.8) is 0 Å². The monoisotopic (exact) mass is 272 g/mol. The fourth-order valence-corrected chi connectivity index (χ4v) is 1.82. The molecule has 0 bridgehead atoms. The number of hydrogen-bond acceptors (Lipinski definition) is 2. The van der Waals surface area contributed by atoms with Crippen LogP contribution in [0.4, 0.5) is 10.1 Å². The molecule has 1 amide bonds. The molecule has 0 saturated heterocycles. The summed E-state index contributed by atoms with van der Waals surface area (Å²) in [5.41, 5.74) is 1.82. The highest BCUT2D eigenvalue weighted by Crippen LogP contribution is 2.07. The first-order valence-corrected chi connectivity index (χ1v) is 6.42. The highest BCUT2D eigenvalue weighted by atomic mass is 19.1. The number of nitrogens with zero attached hydrogens (tertiary/aromatic N) is 1. The number of carbonyl (C=O) groups excluding carboxylic acids is 1. The number of rotatable bonds is 5. The number of amides is 1. The zero-order valence-corrected chi connectivity index (χ0v) is 11.3. The van der Waals surface area contributed by atoms with E-state index in [1.807, 2.05) is 30.3 Å². The maximum absolute atomic E-state index is 12.8. The molecule has 0 aromatic heterocycles. The molecule has 104 valence electrons. The van der Waals surface area contributed by atoms with Gasteiger partial charge >= 0.3 is 0 Å². The molecular weight excluding hydrogens is 255 g/mol. The van der Waals surface area contributed by atoms with Gasteiger partial charge in [-0.1, -0.05) is 30.3 Å². The van der Waals surface area contributed by atoms with Crippen molar-refractivity contribution in [3.8, 4) is 0 Å². The zero-order chi connectivity index (χ0) is 14.4. The Morgan fingerprint density at radius 2 is 1.75 bits per heavy atom. The van der Waals surface area contributed by atoms with Crippen molar-refractivity contribution in [1.82, 2.24) is 4.90 Å². The molecule has 0 radical (unpaired) electrons. The van der Waals surface area contributed by atoms with E-state index in [-0.39, 0.29) is 18.3 Å². The van der Waals surface area contributed by atoms with E-state index in [4.69, 9.17) is 0 Å². The minimum Gasteiger partial charge on any atom is -0.376 e. The largest absolute Gasteiger partial charge is 0.376 e. The number of likely N-dealkylation sites (N-methyl/N-ethyl adjacent to an activating group) is 1. The summed E-state index contributed by atoms with van der Waals surface area (Å²) in [5.74, 6) is -0.286. The average Bonchev–Trinajstić information content (AvgIpc) is 2.48. The summed E-state index contributed by atoms with van der Waals surface area (Å²) < 4.78 is 12.8. The molecule has 1 N–H and O–H groups in total. The van der Waals surface area contributed by atoms with Crippen molar-refractivity contribution in [1.29, 1.82) is 0 Å². The molecule has 0 saturated carbocycles. The van der Waals surface area contributed by atoms with Crippen LogP contribution in [0.15, 0.2) is 54.6 Å². The van der Waals surface area contributed by atoms with Gasteiger partial charge in [0.2, 0.25) is 5.91 Å². The standard InChI is InChI=1S/C16H17FN2O/c1-19(12-13-7-9-14(17)10-8-13)16(20)11-18-15-5-3-2-4-6-15/h2-10,18H,11-12H2,1H3. The van der Waals surface area contributed by atoms with E-state index in [9.17, 15) is 9.18 Å². The number of hydrogen-bond donors (Lipinski definition) is 1. The van der Waals surface area contributed by atoms with Crippen molar-refractivity contribution in [2.75, 3.05) is 18.9 Å². The number of halogens is 1. The molecule has 0 atom stereocenters. The van der Waals surface area contributed by atoms with Gasteiger partial charge in [0.15, 0.2) is 0 Å². The van der Waals surface area contributed by atoms with Crippen LogP contribution in [0.2, 0.25) is 0 Å². The van der Waals surface area contributed by atoms with Crippen LogP contribution < -0.4 is 5.32 Å². The van der Waals surface area contributed by atoms with Gasteiger partial charge in [-0.3, -0.25) is 4.79 Å². The fraction of sp³-hybridized carbons (Fsp3) is 0.188. The molecular formula is C16H17FN2O. The first-order chi connectivity index (χ1) is 9.65. The average molecular weight is 272 g/mol. The molecule has 0 heterocycles. The zero-order valence-electron chi connectivity index (χ0n) is 11.3. The molecule has 0 aliphatic rings. The highest BCUT2D eigenvalue weighted by molar-refractivity contribution is 5.80. The third kappa shape index (κ3) is 4.09. The summed E-state index contributed by atoms with van der Waals surface area (Å²) in [6.07, 6.45) is 0. The minimum atomic E-state index is -0.270. The van der Waals surface area contributed by atoms with E-state index in [0.29, 0.717) is 6.54 Å². The normalized spacial score (nSPS) is 10.1. The lowest BCUT2D eigenvalue weighted by atomic mass is 10.2. The lowest BCUT2D eigenvalue weighted by molar-refractivity contribution is -0.128. The summed E-state index contributed by atoms with van der Waals surface area (Å²) in [5, 5.41) is 3.07. The van der Waals surface area contributed by atoms with Gasteiger partial charge in [-0.25, -0.2) is 4.39 Å². The molecule has 3 nitrogen and oxygen atoms in total. The van der Waals surface area contributed by atoms with Crippen LogP contribution in [0.3, 0.4) is 0 Å². The number of para-hydroxylation sites is 1. The van der Waals surface area contributed by atoms with E-state index in [2.05, 4.69) is 5.32 Å². The molecule has 20 heavy (non-hydrogen) atoms. The summed E-state index contributed by atoms with van der Waals surface area (Å²) in [6, 6.07) is 15.7. The second-order valence-corrected chi connectivity index (χ2v) is 4.60. The number of anilines is 1. The Balaban J connectivity index is 1.84. The predicted octanol–water partition coefficient (Wildman–Crippen LogP) is 2.90. The summed E-state index contributed by atoms with van der Waals surface area (Å²) in [4.78, 5) is 13.6. The molecule has 0 aliphatic carbocycles. The van der Waals surface area contributed by atoms with Crippen LogP contribution in [0.25, 0.3) is 0 Å². The van der Waals surface area contributed by atoms with Gasteiger partial charge in [-0.15, -0.1) is 0 Å². The van der Waals surface area contributed by atoms with E-state index < -0.39 is 0 Å². The van der Waals surface area contributed by atoms with Crippen molar-refractivity contribution in [2.45, 2.75) is 6.54 Å². The van der Waals surface area contributed by atoms with Crippen LogP contribution in [-0.4, -0.2) is 24.4 Å². The minimum absolute atomic E-state index is 0.0156. The van der Waals surface area contributed by atoms with E-state index >= 15 is 0 Å². The Labute approximate surface area is 118 Å². The Kier molecular flexibility index (Phi) is 4.71. The van der Waals surface area contributed by atoms with E-state index in [0.717, 1.165) is 11.3 Å². The van der Waals surface area contributed by atoms with E-state index in [1.54, 1.807) is 24.1 Å². The van der Waals surface area contributed by atoms with E-state index in [1.165, 1.54) is 12.1 Å². The van der Waals surface area contributed by atoms with Gasteiger partial charge < -0.3 is 10.2 Å². The summed E-state index contributed by atoms with van der Waals surface area (Å²) in [7, 11) is 1.73. The van der Waals surface area contributed by atoms with Crippen LogP contribution >= 0.6 is 0 Å². The van der Waals surface area contributed by atoms with Crippen molar-refractivity contribution >= 4 is 11.6 Å². The number of benzene rings is 2. The second-order valence-electron chi connectivity index (χ2n) is 4.60. The Bertz CT molecular complexity index is 554. The predicted molar refractivity (Wildman–Crippen MR) is 77.8 cm³/mol. The quantitative estimate of drug-likeness (QED) is 0.907. The SMILES string of the molecule is CN(Cc1ccc(F)cc1)C(=O)CNc1ccccc1. The Morgan fingerprint density at radius 1 is 1.10 bits per heavy atom. The van der Waals surface area contributed by atoms with Gasteiger partial charge in [0.1, 0.15) is 5.82 Å². The van der Waals surface area contributed by atoms with Crippen molar-refractivity contribution < 1.29 is 9.18 Å². The van der Waals surface area contributed by atoms with Crippen molar-refractivity contribution in [2.24, 2.45) is 0 Å². The van der Waals surface area contributed by atoms with Gasteiger partial charge in [-0.2, -0.15) is 0 Å². The van der Waals surface area contributed by atoms with Gasteiger partial charge in [-0.05, 0) is 29.8 Å². The smallest absolute Gasteiger partial charge is 0.241 e. The molecule has 2 aromatic rings. The Morgan fingerprint density at radius 3 is 2.40 bits per heavy atom. The number of nitrogens with one attached hydrogen (secondary N) is 1. The lowest BCUT2D eigenvalue weighted by Gasteiger charge is -2.18. The van der Waals surface area contributed by atoms with Crippen molar-refractivity contribution in [3.05, 3.63) is 66.0 Å². The molecule has 0 unspecified atom stereocenters. The first kappa shape index (κ1) is 14.1. The van der Waals surface area contributed by atoms with Crippen LogP contribution in [0.5, 0.6) is 0 Å². The Hall–Kier alpha value is -2.36. The molecule has 0 fully saturated rings. The lowest BCUT2D eigenvalue weighted by Crippen LogP contribution is -2.31. The fourth-order valence-electron chi connectivity index (χ4n) is 1.82. The van der Waals surface area contributed by atoms with Gasteiger partial charge in [0, 0.05) is 19.3 Å².